The van der Waals surface area contributed by atoms with Gasteiger partial charge in [-0.05, 0) is 34.4 Å². The van der Waals surface area contributed by atoms with Crippen molar-refractivity contribution in [3.63, 3.8) is 0 Å². The third kappa shape index (κ3) is 2.42. The molecule has 0 fully saturated rings. The van der Waals surface area contributed by atoms with E-state index in [-0.39, 0.29) is 11.2 Å². The van der Waals surface area contributed by atoms with Crippen LogP contribution in [0.5, 0.6) is 0 Å². The first-order chi connectivity index (χ1) is 7.66. The Morgan fingerprint density at radius 1 is 1.19 bits per heavy atom. The summed E-state index contributed by atoms with van der Waals surface area (Å²) in [6, 6.07) is 14.4. The van der Waals surface area contributed by atoms with Crippen molar-refractivity contribution in [3.05, 3.63) is 48.0 Å². The van der Waals surface area contributed by atoms with Gasteiger partial charge in [-0.15, -0.1) is 0 Å². The number of benzene rings is 2. The average molecular weight is 233 g/mol. The average Bonchev–Trinajstić information content (AvgIpc) is 2.28. The molecule has 2 rings (SSSR count). The standard InChI is InChI=1S/C14H13ClO/c1-10(14(15)16)8-11-6-7-12-4-2-3-5-13(12)9-11/h2-7,9-10H,8H2,1H3. The number of carbonyl (C=O) groups is 1. The van der Waals surface area contributed by atoms with E-state index in [4.69, 9.17) is 11.6 Å². The lowest BCUT2D eigenvalue weighted by Crippen LogP contribution is -2.07. The smallest absolute Gasteiger partial charge is 0.224 e. The van der Waals surface area contributed by atoms with E-state index in [0.29, 0.717) is 6.42 Å². The summed E-state index contributed by atoms with van der Waals surface area (Å²) in [6.07, 6.45) is 0.702. The maximum Gasteiger partial charge on any atom is 0.224 e. The monoisotopic (exact) mass is 232 g/mol. The van der Waals surface area contributed by atoms with E-state index >= 15 is 0 Å². The molecule has 1 unspecified atom stereocenters. The topological polar surface area (TPSA) is 17.1 Å². The first-order valence-corrected chi connectivity index (χ1v) is 5.71. The van der Waals surface area contributed by atoms with Crippen molar-refractivity contribution in [3.8, 4) is 0 Å². The van der Waals surface area contributed by atoms with Gasteiger partial charge in [0.1, 0.15) is 0 Å². The quantitative estimate of drug-likeness (QED) is 0.736. The van der Waals surface area contributed by atoms with Gasteiger partial charge in [0.05, 0.1) is 0 Å². The van der Waals surface area contributed by atoms with Crippen LogP contribution in [0.1, 0.15) is 12.5 Å². The molecule has 0 saturated carbocycles. The molecular formula is C14H13ClO. The minimum absolute atomic E-state index is 0.122. The molecule has 0 aliphatic rings. The Kier molecular flexibility index (Phi) is 3.25. The molecule has 82 valence electrons. The molecule has 2 heteroatoms. The van der Waals surface area contributed by atoms with E-state index < -0.39 is 0 Å². The number of hydrogen-bond donors (Lipinski definition) is 0. The number of rotatable bonds is 3. The second kappa shape index (κ2) is 4.67. The first kappa shape index (κ1) is 11.2. The summed E-state index contributed by atoms with van der Waals surface area (Å²) in [5.74, 6) is -0.122. The molecule has 0 aromatic heterocycles. The van der Waals surface area contributed by atoms with Gasteiger partial charge in [-0.1, -0.05) is 49.4 Å². The highest BCUT2D eigenvalue weighted by Crippen LogP contribution is 2.18. The molecular weight excluding hydrogens is 220 g/mol. The lowest BCUT2D eigenvalue weighted by molar-refractivity contribution is -0.114. The van der Waals surface area contributed by atoms with E-state index in [1.807, 2.05) is 19.1 Å². The van der Waals surface area contributed by atoms with E-state index in [1.165, 1.54) is 10.8 Å². The van der Waals surface area contributed by atoms with Crippen LogP contribution in [0.15, 0.2) is 42.5 Å². The summed E-state index contributed by atoms with van der Waals surface area (Å²) in [6.45, 7) is 1.85. The Morgan fingerprint density at radius 2 is 1.88 bits per heavy atom. The summed E-state index contributed by atoms with van der Waals surface area (Å²) < 4.78 is 0. The number of carbonyl (C=O) groups excluding carboxylic acids is 1. The van der Waals surface area contributed by atoms with Crippen LogP contribution >= 0.6 is 11.6 Å². The second-order valence-electron chi connectivity index (χ2n) is 4.09. The van der Waals surface area contributed by atoms with Crippen LogP contribution in [-0.4, -0.2) is 5.24 Å². The van der Waals surface area contributed by atoms with Gasteiger partial charge in [0.15, 0.2) is 0 Å². The van der Waals surface area contributed by atoms with Gasteiger partial charge in [0, 0.05) is 5.92 Å². The van der Waals surface area contributed by atoms with Crippen molar-refractivity contribution in [2.45, 2.75) is 13.3 Å². The molecule has 2 aromatic rings. The SMILES string of the molecule is CC(Cc1ccc2ccccc2c1)C(=O)Cl. The lowest BCUT2D eigenvalue weighted by atomic mass is 9.99. The Labute approximate surface area is 100 Å². The maximum atomic E-state index is 11.0. The van der Waals surface area contributed by atoms with Crippen molar-refractivity contribution in [1.29, 1.82) is 0 Å². The molecule has 0 amide bonds. The van der Waals surface area contributed by atoms with Gasteiger partial charge >= 0.3 is 0 Å². The van der Waals surface area contributed by atoms with Crippen LogP contribution in [0, 0.1) is 5.92 Å². The molecule has 1 nitrogen and oxygen atoms in total. The van der Waals surface area contributed by atoms with Gasteiger partial charge < -0.3 is 0 Å². The van der Waals surface area contributed by atoms with Gasteiger partial charge in [0.2, 0.25) is 5.24 Å². The molecule has 0 radical (unpaired) electrons. The predicted molar refractivity (Wildman–Crippen MR) is 67.7 cm³/mol. The fourth-order valence-electron chi connectivity index (χ4n) is 1.80. The summed E-state index contributed by atoms with van der Waals surface area (Å²) in [7, 11) is 0. The van der Waals surface area contributed by atoms with E-state index in [0.717, 1.165) is 5.56 Å². The zero-order chi connectivity index (χ0) is 11.5. The summed E-state index contributed by atoms with van der Waals surface area (Å²) in [5.41, 5.74) is 1.15. The Hall–Kier alpha value is -1.34. The van der Waals surface area contributed by atoms with Crippen molar-refractivity contribution < 1.29 is 4.79 Å². The molecule has 2 aromatic carbocycles. The number of hydrogen-bond acceptors (Lipinski definition) is 1. The third-order valence-corrected chi connectivity index (χ3v) is 3.12. The zero-order valence-electron chi connectivity index (χ0n) is 9.11. The normalized spacial score (nSPS) is 12.6. The second-order valence-corrected chi connectivity index (χ2v) is 4.46. The van der Waals surface area contributed by atoms with Gasteiger partial charge in [-0.2, -0.15) is 0 Å². The Balaban J connectivity index is 2.29. The maximum absolute atomic E-state index is 11.0. The van der Waals surface area contributed by atoms with Crippen LogP contribution in [0.4, 0.5) is 0 Å². The van der Waals surface area contributed by atoms with Crippen LogP contribution in [0.3, 0.4) is 0 Å². The van der Waals surface area contributed by atoms with E-state index in [9.17, 15) is 4.79 Å². The summed E-state index contributed by atoms with van der Waals surface area (Å²) in [5, 5.41) is 2.15. The summed E-state index contributed by atoms with van der Waals surface area (Å²) in [4.78, 5) is 11.0. The van der Waals surface area contributed by atoms with Crippen LogP contribution in [-0.2, 0) is 11.2 Å². The molecule has 0 aliphatic carbocycles. The highest BCUT2D eigenvalue weighted by Gasteiger charge is 2.10. The highest BCUT2D eigenvalue weighted by molar-refractivity contribution is 6.63. The number of halogens is 1. The molecule has 1 atom stereocenters. The Bertz CT molecular complexity index is 519. The molecule has 16 heavy (non-hydrogen) atoms. The van der Waals surface area contributed by atoms with Crippen LogP contribution in [0.2, 0.25) is 0 Å². The first-order valence-electron chi connectivity index (χ1n) is 5.34. The fraction of sp³-hybridized carbons (Fsp3) is 0.214. The zero-order valence-corrected chi connectivity index (χ0v) is 9.87. The van der Waals surface area contributed by atoms with Crippen LogP contribution in [0.25, 0.3) is 10.8 Å². The fourth-order valence-corrected chi connectivity index (χ4v) is 1.88. The lowest BCUT2D eigenvalue weighted by Gasteiger charge is -2.07. The number of fused-ring (bicyclic) bond motifs is 1. The van der Waals surface area contributed by atoms with Crippen molar-refractivity contribution in [2.24, 2.45) is 5.92 Å². The van der Waals surface area contributed by atoms with Crippen molar-refractivity contribution in [1.82, 2.24) is 0 Å². The summed E-state index contributed by atoms with van der Waals surface area (Å²) >= 11 is 5.46. The third-order valence-electron chi connectivity index (χ3n) is 2.74. The van der Waals surface area contributed by atoms with Crippen molar-refractivity contribution in [2.75, 3.05) is 0 Å². The predicted octanol–water partition coefficient (Wildman–Crippen LogP) is 3.78. The molecule has 0 bridgehead atoms. The molecule has 0 saturated heterocycles. The molecule has 0 N–H and O–H groups in total. The molecule has 0 spiro atoms. The minimum Gasteiger partial charge on any atom is -0.281 e. The van der Waals surface area contributed by atoms with Crippen LogP contribution < -0.4 is 0 Å². The van der Waals surface area contributed by atoms with E-state index in [1.54, 1.807) is 0 Å². The molecule has 0 aliphatic heterocycles. The van der Waals surface area contributed by atoms with E-state index in [2.05, 4.69) is 30.3 Å². The highest BCUT2D eigenvalue weighted by atomic mass is 35.5. The van der Waals surface area contributed by atoms with Gasteiger partial charge in [-0.25, -0.2) is 0 Å². The van der Waals surface area contributed by atoms with Crippen molar-refractivity contribution >= 4 is 27.6 Å². The Morgan fingerprint density at radius 3 is 2.56 bits per heavy atom. The van der Waals surface area contributed by atoms with Gasteiger partial charge in [-0.3, -0.25) is 4.79 Å². The largest absolute Gasteiger partial charge is 0.281 e. The minimum atomic E-state index is -0.270. The van der Waals surface area contributed by atoms with Gasteiger partial charge in [0.25, 0.3) is 0 Å². The molecule has 0 heterocycles.